The number of allylic oxidation sites excluding steroid dienone is 1. The Morgan fingerprint density at radius 2 is 2.35 bits per heavy atom. The minimum atomic E-state index is -0.430. The first kappa shape index (κ1) is 14.0. The summed E-state index contributed by atoms with van der Waals surface area (Å²) in [6.45, 7) is 2.01. The molecule has 0 aliphatic carbocycles. The van der Waals surface area contributed by atoms with Gasteiger partial charge in [-0.2, -0.15) is 0 Å². The van der Waals surface area contributed by atoms with E-state index >= 15 is 0 Å². The van der Waals surface area contributed by atoms with Crippen LogP contribution in [0.3, 0.4) is 0 Å². The van der Waals surface area contributed by atoms with Gasteiger partial charge in [-0.3, -0.25) is 4.98 Å². The molecule has 5 nitrogen and oxygen atoms in total. The van der Waals surface area contributed by atoms with Gasteiger partial charge in [-0.1, -0.05) is 12.1 Å². The minimum Gasteiger partial charge on any atom is -0.466 e. The molecule has 104 valence electrons. The molecule has 1 atom stereocenters. The number of aromatic nitrogens is 3. The van der Waals surface area contributed by atoms with Crippen molar-refractivity contribution in [3.63, 3.8) is 0 Å². The van der Waals surface area contributed by atoms with Crippen LogP contribution in [0.2, 0.25) is 0 Å². The molecule has 20 heavy (non-hydrogen) atoms. The Bertz CT molecular complexity index is 578. The Morgan fingerprint density at radius 3 is 2.95 bits per heavy atom. The summed E-state index contributed by atoms with van der Waals surface area (Å²) in [5.74, 6) is 0.412. The predicted octanol–water partition coefficient (Wildman–Crippen LogP) is 2.03. The SMILES string of the molecule is COC(=O)C=CC(C)(Cc1cccnc1)c1ncc[nH]1. The number of hydrogen-bond acceptors (Lipinski definition) is 4. The predicted molar refractivity (Wildman–Crippen MR) is 75.0 cm³/mol. The highest BCUT2D eigenvalue weighted by atomic mass is 16.5. The van der Waals surface area contributed by atoms with Crippen molar-refractivity contribution in [1.29, 1.82) is 0 Å². The average Bonchev–Trinajstić information content (AvgIpc) is 3.01. The summed E-state index contributed by atoms with van der Waals surface area (Å²) >= 11 is 0. The van der Waals surface area contributed by atoms with Crippen LogP contribution >= 0.6 is 0 Å². The van der Waals surface area contributed by atoms with E-state index in [1.165, 1.54) is 13.2 Å². The fraction of sp³-hybridized carbons (Fsp3) is 0.267. The number of rotatable bonds is 5. The molecule has 0 radical (unpaired) electrons. The number of aromatic amines is 1. The summed E-state index contributed by atoms with van der Waals surface area (Å²) in [7, 11) is 1.36. The number of methoxy groups -OCH3 is 1. The van der Waals surface area contributed by atoms with Crippen LogP contribution in [0.4, 0.5) is 0 Å². The molecule has 0 spiro atoms. The number of nitrogens with zero attached hydrogens (tertiary/aromatic N) is 2. The second kappa shape index (κ2) is 6.14. The number of imidazole rings is 1. The molecule has 0 fully saturated rings. The number of carbonyl (C=O) groups is 1. The smallest absolute Gasteiger partial charge is 0.330 e. The molecule has 1 unspecified atom stereocenters. The summed E-state index contributed by atoms with van der Waals surface area (Å²) in [5.41, 5.74) is 0.640. The van der Waals surface area contributed by atoms with Gasteiger partial charge < -0.3 is 9.72 Å². The van der Waals surface area contributed by atoms with Crippen LogP contribution in [0.5, 0.6) is 0 Å². The Balaban J connectivity index is 2.29. The number of ether oxygens (including phenoxy) is 1. The second-order valence-corrected chi connectivity index (χ2v) is 4.75. The quantitative estimate of drug-likeness (QED) is 0.667. The van der Waals surface area contributed by atoms with Crippen LogP contribution in [0, 0.1) is 0 Å². The van der Waals surface area contributed by atoms with Gasteiger partial charge in [-0.05, 0) is 25.0 Å². The van der Waals surface area contributed by atoms with Crippen molar-refractivity contribution in [2.75, 3.05) is 7.11 Å². The van der Waals surface area contributed by atoms with Crippen molar-refractivity contribution >= 4 is 5.97 Å². The largest absolute Gasteiger partial charge is 0.466 e. The lowest BCUT2D eigenvalue weighted by atomic mass is 9.82. The lowest BCUT2D eigenvalue weighted by molar-refractivity contribution is -0.134. The third kappa shape index (κ3) is 3.32. The van der Waals surface area contributed by atoms with Crippen LogP contribution in [0.1, 0.15) is 18.3 Å². The number of esters is 1. The molecule has 0 bridgehead atoms. The van der Waals surface area contributed by atoms with Gasteiger partial charge in [0.05, 0.1) is 7.11 Å². The molecule has 2 aromatic rings. The number of carbonyl (C=O) groups excluding carboxylic acids is 1. The normalized spacial score (nSPS) is 14.1. The highest BCUT2D eigenvalue weighted by Gasteiger charge is 2.27. The lowest BCUT2D eigenvalue weighted by Crippen LogP contribution is -2.24. The first-order chi connectivity index (χ1) is 9.64. The van der Waals surface area contributed by atoms with E-state index in [9.17, 15) is 4.79 Å². The summed E-state index contributed by atoms with van der Waals surface area (Å²) in [6, 6.07) is 3.89. The van der Waals surface area contributed by atoms with Gasteiger partial charge in [-0.25, -0.2) is 9.78 Å². The van der Waals surface area contributed by atoms with Crippen molar-refractivity contribution in [3.8, 4) is 0 Å². The summed E-state index contributed by atoms with van der Waals surface area (Å²) in [5, 5.41) is 0. The fourth-order valence-corrected chi connectivity index (χ4v) is 2.05. The summed E-state index contributed by atoms with van der Waals surface area (Å²) in [4.78, 5) is 22.9. The van der Waals surface area contributed by atoms with Crippen molar-refractivity contribution in [2.24, 2.45) is 0 Å². The van der Waals surface area contributed by atoms with Crippen LogP contribution in [0.15, 0.2) is 49.1 Å². The summed E-state index contributed by atoms with van der Waals surface area (Å²) < 4.78 is 4.64. The minimum absolute atomic E-state index is 0.381. The molecule has 1 N–H and O–H groups in total. The molecule has 2 heterocycles. The molecule has 0 aliphatic rings. The third-order valence-electron chi connectivity index (χ3n) is 3.12. The van der Waals surface area contributed by atoms with E-state index in [0.29, 0.717) is 6.42 Å². The molecular weight excluding hydrogens is 254 g/mol. The Hall–Kier alpha value is -2.43. The zero-order valence-electron chi connectivity index (χ0n) is 11.5. The van der Waals surface area contributed by atoms with E-state index in [2.05, 4.69) is 19.7 Å². The van der Waals surface area contributed by atoms with Crippen LogP contribution in [-0.4, -0.2) is 28.0 Å². The zero-order chi connectivity index (χ0) is 14.4. The van der Waals surface area contributed by atoms with E-state index in [0.717, 1.165) is 11.4 Å². The van der Waals surface area contributed by atoms with Crippen LogP contribution < -0.4 is 0 Å². The maximum atomic E-state index is 11.3. The highest BCUT2D eigenvalue weighted by Crippen LogP contribution is 2.27. The number of nitrogens with one attached hydrogen (secondary N) is 1. The van der Waals surface area contributed by atoms with Gasteiger partial charge in [0.25, 0.3) is 0 Å². The van der Waals surface area contributed by atoms with Crippen LogP contribution in [-0.2, 0) is 21.4 Å². The topological polar surface area (TPSA) is 67.9 Å². The van der Waals surface area contributed by atoms with E-state index in [-0.39, 0.29) is 5.97 Å². The van der Waals surface area contributed by atoms with Gasteiger partial charge in [-0.15, -0.1) is 0 Å². The first-order valence-corrected chi connectivity index (χ1v) is 6.30. The van der Waals surface area contributed by atoms with Crippen LogP contribution in [0.25, 0.3) is 0 Å². The molecule has 5 heteroatoms. The van der Waals surface area contributed by atoms with Crippen molar-refractivity contribution < 1.29 is 9.53 Å². The Kier molecular flexibility index (Phi) is 4.30. The van der Waals surface area contributed by atoms with Gasteiger partial charge in [0, 0.05) is 36.3 Å². The zero-order valence-corrected chi connectivity index (χ0v) is 11.5. The molecule has 0 saturated carbocycles. The molecule has 0 saturated heterocycles. The van der Waals surface area contributed by atoms with Crippen molar-refractivity contribution in [3.05, 3.63) is 60.5 Å². The third-order valence-corrected chi connectivity index (χ3v) is 3.12. The van der Waals surface area contributed by atoms with Crippen molar-refractivity contribution in [2.45, 2.75) is 18.8 Å². The Labute approximate surface area is 117 Å². The molecule has 0 amide bonds. The monoisotopic (exact) mass is 271 g/mol. The first-order valence-electron chi connectivity index (χ1n) is 6.30. The highest BCUT2D eigenvalue weighted by molar-refractivity contribution is 5.82. The second-order valence-electron chi connectivity index (χ2n) is 4.75. The van der Waals surface area contributed by atoms with Gasteiger partial charge in [0.1, 0.15) is 5.82 Å². The molecule has 0 aromatic carbocycles. The molecule has 0 aliphatic heterocycles. The number of hydrogen-bond donors (Lipinski definition) is 1. The lowest BCUT2D eigenvalue weighted by Gasteiger charge is -2.23. The fourth-order valence-electron chi connectivity index (χ4n) is 2.05. The Morgan fingerprint density at radius 1 is 1.50 bits per heavy atom. The molecular formula is C15H17N3O2. The van der Waals surface area contributed by atoms with Crippen molar-refractivity contribution in [1.82, 2.24) is 15.0 Å². The average molecular weight is 271 g/mol. The van der Waals surface area contributed by atoms with E-state index < -0.39 is 5.41 Å². The van der Waals surface area contributed by atoms with E-state index in [1.54, 1.807) is 18.6 Å². The molecule has 2 aromatic heterocycles. The van der Waals surface area contributed by atoms with Gasteiger partial charge in [0.2, 0.25) is 0 Å². The maximum absolute atomic E-state index is 11.3. The molecule has 2 rings (SSSR count). The number of H-pyrrole nitrogens is 1. The standard InChI is InChI=1S/C15H17N3O2/c1-15(6-5-13(19)20-2,14-17-8-9-18-14)10-12-4-3-7-16-11-12/h3-9,11H,10H2,1-2H3,(H,17,18). The maximum Gasteiger partial charge on any atom is 0.330 e. The van der Waals surface area contributed by atoms with Gasteiger partial charge >= 0.3 is 5.97 Å². The number of pyridine rings is 1. The summed E-state index contributed by atoms with van der Waals surface area (Å²) in [6.07, 6.45) is 10.9. The van der Waals surface area contributed by atoms with E-state index in [1.807, 2.05) is 31.3 Å². The van der Waals surface area contributed by atoms with E-state index in [4.69, 9.17) is 0 Å². The van der Waals surface area contributed by atoms with Gasteiger partial charge in [0.15, 0.2) is 0 Å².